The SMILES string of the molecule is CCOc1ccc([C@@H]2C(C(=O)Nc3ccccc3)=C(C)N=c3s/c(=C\c4ccc(OCc5cc(OC)ccc5OC)cc4)c(=O)n32)cc1. The summed E-state index contributed by atoms with van der Waals surface area (Å²) in [5, 5.41) is 2.98. The van der Waals surface area contributed by atoms with Crippen LogP contribution >= 0.6 is 11.3 Å². The number of carbonyl (C=O) groups is 1. The Kier molecular flexibility index (Phi) is 9.73. The summed E-state index contributed by atoms with van der Waals surface area (Å²) in [6.07, 6.45) is 1.83. The standard InChI is InChI=1S/C38H35N3O6S/c1-5-46-29-17-13-26(14-18-29)35-34(36(42)40-28-9-7-6-8-10-28)24(2)39-38-41(35)37(43)33(48-38)21-25-11-15-30(16-12-25)47-23-27-22-31(44-3)19-20-32(27)45-4/h6-22,35H,5,23H2,1-4H3,(H,40,42)/b33-21-/t35-/m1/s1. The van der Waals surface area contributed by atoms with Gasteiger partial charge in [0.25, 0.3) is 11.5 Å². The van der Waals surface area contributed by atoms with Gasteiger partial charge in [0.2, 0.25) is 0 Å². The molecular formula is C38H35N3O6S. The van der Waals surface area contributed by atoms with Gasteiger partial charge in [0.05, 0.1) is 42.7 Å². The van der Waals surface area contributed by atoms with E-state index >= 15 is 0 Å². The summed E-state index contributed by atoms with van der Waals surface area (Å²) in [4.78, 5) is 33.2. The normalized spacial score (nSPS) is 14.2. The van der Waals surface area contributed by atoms with Crippen molar-refractivity contribution in [3.63, 3.8) is 0 Å². The fraction of sp³-hybridized carbons (Fsp3) is 0.184. The molecule has 6 rings (SSSR count). The zero-order valence-corrected chi connectivity index (χ0v) is 27.9. The van der Waals surface area contributed by atoms with E-state index in [0.29, 0.717) is 56.8 Å². The zero-order chi connectivity index (χ0) is 33.6. The predicted octanol–water partition coefficient (Wildman–Crippen LogP) is 5.87. The van der Waals surface area contributed by atoms with Crippen molar-refractivity contribution in [2.75, 3.05) is 26.1 Å². The van der Waals surface area contributed by atoms with Crippen LogP contribution in [0.3, 0.4) is 0 Å². The monoisotopic (exact) mass is 661 g/mol. The Balaban J connectivity index is 1.32. The number of hydrogen-bond acceptors (Lipinski definition) is 8. The Morgan fingerprint density at radius 3 is 2.27 bits per heavy atom. The van der Waals surface area contributed by atoms with Crippen LogP contribution in [-0.2, 0) is 11.4 Å². The van der Waals surface area contributed by atoms with Crippen LogP contribution in [0.1, 0.15) is 36.6 Å². The number of anilines is 1. The maximum atomic E-state index is 14.1. The molecule has 1 atom stereocenters. The van der Waals surface area contributed by atoms with Crippen molar-refractivity contribution < 1.29 is 23.7 Å². The van der Waals surface area contributed by atoms with Crippen molar-refractivity contribution in [2.24, 2.45) is 4.99 Å². The van der Waals surface area contributed by atoms with Gasteiger partial charge in [-0.25, -0.2) is 4.99 Å². The highest BCUT2D eigenvalue weighted by molar-refractivity contribution is 7.07. The number of fused-ring (bicyclic) bond motifs is 1. The molecule has 1 aliphatic rings. The molecule has 9 nitrogen and oxygen atoms in total. The number of allylic oxidation sites excluding steroid dienone is 1. The predicted molar refractivity (Wildman–Crippen MR) is 187 cm³/mol. The van der Waals surface area contributed by atoms with Crippen LogP contribution in [0.15, 0.2) is 118 Å². The van der Waals surface area contributed by atoms with Crippen LogP contribution in [-0.4, -0.2) is 31.3 Å². The molecule has 244 valence electrons. The third-order valence-electron chi connectivity index (χ3n) is 7.86. The minimum absolute atomic E-state index is 0.236. The maximum absolute atomic E-state index is 14.1. The van der Waals surface area contributed by atoms with Gasteiger partial charge in [-0.3, -0.25) is 14.2 Å². The molecule has 1 aromatic heterocycles. The fourth-order valence-corrected chi connectivity index (χ4v) is 6.57. The highest BCUT2D eigenvalue weighted by Gasteiger charge is 2.32. The first-order chi connectivity index (χ1) is 23.4. The summed E-state index contributed by atoms with van der Waals surface area (Å²) in [6.45, 7) is 4.55. The van der Waals surface area contributed by atoms with Crippen molar-refractivity contribution in [2.45, 2.75) is 26.5 Å². The van der Waals surface area contributed by atoms with E-state index in [-0.39, 0.29) is 11.5 Å². The summed E-state index contributed by atoms with van der Waals surface area (Å²) in [5.74, 6) is 2.48. The number of nitrogens with one attached hydrogen (secondary N) is 1. The molecule has 0 saturated carbocycles. The third kappa shape index (κ3) is 6.89. The van der Waals surface area contributed by atoms with Gasteiger partial charge in [0.15, 0.2) is 4.80 Å². The van der Waals surface area contributed by atoms with Crippen LogP contribution < -0.4 is 39.2 Å². The second kappa shape index (κ2) is 14.4. The van der Waals surface area contributed by atoms with Gasteiger partial charge in [-0.1, -0.05) is 53.8 Å². The van der Waals surface area contributed by atoms with E-state index in [1.165, 1.54) is 11.3 Å². The molecule has 4 aromatic carbocycles. The summed E-state index contributed by atoms with van der Waals surface area (Å²) in [5.41, 5.74) is 3.81. The lowest BCUT2D eigenvalue weighted by molar-refractivity contribution is -0.113. The molecule has 2 heterocycles. The van der Waals surface area contributed by atoms with Crippen molar-refractivity contribution in [3.8, 4) is 23.0 Å². The van der Waals surface area contributed by atoms with Crippen LogP contribution in [0.2, 0.25) is 0 Å². The highest BCUT2D eigenvalue weighted by atomic mass is 32.1. The second-order valence-corrected chi connectivity index (χ2v) is 11.9. The Morgan fingerprint density at radius 2 is 1.58 bits per heavy atom. The number of carbonyl (C=O) groups excluding carboxylic acids is 1. The number of ether oxygens (including phenoxy) is 4. The third-order valence-corrected chi connectivity index (χ3v) is 8.85. The average Bonchev–Trinajstić information content (AvgIpc) is 3.41. The number of nitrogens with zero attached hydrogens (tertiary/aromatic N) is 2. The van der Waals surface area contributed by atoms with Crippen LogP contribution in [0, 0.1) is 0 Å². The molecule has 0 radical (unpaired) electrons. The summed E-state index contributed by atoms with van der Waals surface area (Å²) >= 11 is 1.29. The first-order valence-electron chi connectivity index (χ1n) is 15.4. The van der Waals surface area contributed by atoms with Crippen LogP contribution in [0.25, 0.3) is 6.08 Å². The van der Waals surface area contributed by atoms with Crippen LogP contribution in [0.4, 0.5) is 5.69 Å². The van der Waals surface area contributed by atoms with Gasteiger partial charge in [0, 0.05) is 11.3 Å². The Bertz CT molecular complexity index is 2140. The van der Waals surface area contributed by atoms with E-state index in [0.717, 1.165) is 22.4 Å². The molecule has 0 bridgehead atoms. The zero-order valence-electron chi connectivity index (χ0n) is 27.1. The fourth-order valence-electron chi connectivity index (χ4n) is 5.53. The second-order valence-electron chi connectivity index (χ2n) is 10.9. The Morgan fingerprint density at radius 1 is 0.896 bits per heavy atom. The molecule has 0 saturated heterocycles. The topological polar surface area (TPSA) is 100 Å². The lowest BCUT2D eigenvalue weighted by Crippen LogP contribution is -2.40. The molecule has 0 aliphatic carbocycles. The smallest absolute Gasteiger partial charge is 0.271 e. The minimum Gasteiger partial charge on any atom is -0.497 e. The number of rotatable bonds is 11. The number of para-hydroxylation sites is 1. The van der Waals surface area contributed by atoms with E-state index in [2.05, 4.69) is 5.32 Å². The van der Waals surface area contributed by atoms with Crippen molar-refractivity contribution in [1.29, 1.82) is 0 Å². The maximum Gasteiger partial charge on any atom is 0.271 e. The number of amides is 1. The van der Waals surface area contributed by atoms with Gasteiger partial charge >= 0.3 is 0 Å². The number of aromatic nitrogens is 1. The minimum atomic E-state index is -0.688. The van der Waals surface area contributed by atoms with Gasteiger partial charge in [-0.05, 0) is 85.6 Å². The van der Waals surface area contributed by atoms with E-state index in [1.807, 2.05) is 110 Å². The number of hydrogen-bond donors (Lipinski definition) is 1. The molecule has 0 fully saturated rings. The molecule has 1 N–H and O–H groups in total. The van der Waals surface area contributed by atoms with Crippen molar-refractivity contribution in [1.82, 2.24) is 4.57 Å². The van der Waals surface area contributed by atoms with Crippen molar-refractivity contribution >= 4 is 29.0 Å². The summed E-state index contributed by atoms with van der Waals surface area (Å²) < 4.78 is 24.6. The lowest BCUT2D eigenvalue weighted by atomic mass is 9.95. The van der Waals surface area contributed by atoms with Crippen molar-refractivity contribution in [3.05, 3.63) is 145 Å². The molecule has 0 unspecified atom stereocenters. The van der Waals surface area contributed by atoms with E-state index in [4.69, 9.17) is 23.9 Å². The van der Waals surface area contributed by atoms with Gasteiger partial charge < -0.3 is 24.3 Å². The van der Waals surface area contributed by atoms with E-state index in [1.54, 1.807) is 25.7 Å². The Labute approximate surface area is 282 Å². The number of thiazole rings is 1. The largest absolute Gasteiger partial charge is 0.497 e. The number of methoxy groups -OCH3 is 2. The molecule has 5 aromatic rings. The van der Waals surface area contributed by atoms with Crippen LogP contribution in [0.5, 0.6) is 23.0 Å². The molecule has 48 heavy (non-hydrogen) atoms. The number of benzene rings is 4. The first kappa shape index (κ1) is 32.3. The molecule has 10 heteroatoms. The highest BCUT2D eigenvalue weighted by Crippen LogP contribution is 2.32. The Hall–Kier alpha value is -5.61. The summed E-state index contributed by atoms with van der Waals surface area (Å²) in [6, 6.07) is 29.1. The van der Waals surface area contributed by atoms with Gasteiger partial charge in [0.1, 0.15) is 29.6 Å². The average molecular weight is 662 g/mol. The van der Waals surface area contributed by atoms with E-state index < -0.39 is 6.04 Å². The lowest BCUT2D eigenvalue weighted by Gasteiger charge is -2.25. The van der Waals surface area contributed by atoms with Gasteiger partial charge in [-0.15, -0.1) is 0 Å². The molecular weight excluding hydrogens is 627 g/mol. The summed E-state index contributed by atoms with van der Waals surface area (Å²) in [7, 11) is 3.23. The molecule has 0 spiro atoms. The van der Waals surface area contributed by atoms with E-state index in [9.17, 15) is 9.59 Å². The molecule has 1 amide bonds. The quantitative estimate of drug-likeness (QED) is 0.190. The first-order valence-corrected chi connectivity index (χ1v) is 16.3. The van der Waals surface area contributed by atoms with Gasteiger partial charge in [-0.2, -0.15) is 0 Å². The molecule has 1 aliphatic heterocycles.